The van der Waals surface area contributed by atoms with E-state index in [9.17, 15) is 0 Å². The van der Waals surface area contributed by atoms with Gasteiger partial charge in [0.05, 0.1) is 24.7 Å². The highest BCUT2D eigenvalue weighted by Gasteiger charge is 2.20. The zero-order chi connectivity index (χ0) is 21.9. The average molecular weight is 446 g/mol. The number of thioether (sulfide) groups is 1. The summed E-state index contributed by atoms with van der Waals surface area (Å²) >= 11 is 1.48. The molecule has 5 rings (SSSR count). The van der Waals surface area contributed by atoms with Gasteiger partial charge in [0.15, 0.2) is 11.0 Å². The van der Waals surface area contributed by atoms with Gasteiger partial charge in [-0.15, -0.1) is 10.2 Å². The van der Waals surface area contributed by atoms with Crippen molar-refractivity contribution in [1.82, 2.24) is 24.9 Å². The van der Waals surface area contributed by atoms with Crippen LogP contribution in [0.3, 0.4) is 0 Å². The largest absolute Gasteiger partial charge is 0.497 e. The van der Waals surface area contributed by atoms with Crippen LogP contribution in [0.4, 0.5) is 0 Å². The lowest BCUT2D eigenvalue weighted by atomic mass is 10.2. The normalized spacial score (nSPS) is 11.1. The summed E-state index contributed by atoms with van der Waals surface area (Å²) in [5, 5.41) is 13.7. The number of ether oxygens (including phenoxy) is 1. The van der Waals surface area contributed by atoms with Gasteiger partial charge in [0, 0.05) is 11.3 Å². The number of furan rings is 1. The third-order valence-electron chi connectivity index (χ3n) is 4.89. The Morgan fingerprint density at radius 1 is 1.00 bits per heavy atom. The van der Waals surface area contributed by atoms with Gasteiger partial charge < -0.3 is 13.7 Å². The standard InChI is InChI=1S/C23H19N5O3S/c1-15-19(12-13-30-15)22-25-26-23(28(22)17-6-4-3-5-7-17)32-14-20-24-21(27-31-20)16-8-10-18(29-2)11-9-16/h3-13H,14H2,1-2H3. The first-order chi connectivity index (χ1) is 15.7. The van der Waals surface area contributed by atoms with Crippen LogP contribution in [0.2, 0.25) is 0 Å². The lowest BCUT2D eigenvalue weighted by molar-refractivity contribution is 0.391. The van der Waals surface area contributed by atoms with Gasteiger partial charge in [-0.2, -0.15) is 4.98 Å². The minimum Gasteiger partial charge on any atom is -0.497 e. The molecule has 0 saturated carbocycles. The van der Waals surface area contributed by atoms with Crippen LogP contribution in [0.1, 0.15) is 11.7 Å². The van der Waals surface area contributed by atoms with Gasteiger partial charge in [-0.05, 0) is 49.4 Å². The van der Waals surface area contributed by atoms with Crippen LogP contribution >= 0.6 is 11.8 Å². The Morgan fingerprint density at radius 3 is 2.53 bits per heavy atom. The topological polar surface area (TPSA) is 92.0 Å². The predicted molar refractivity (Wildman–Crippen MR) is 120 cm³/mol. The van der Waals surface area contributed by atoms with Gasteiger partial charge >= 0.3 is 0 Å². The monoisotopic (exact) mass is 445 g/mol. The summed E-state index contributed by atoms with van der Waals surface area (Å²) in [5.74, 6) is 3.77. The Kier molecular flexibility index (Phi) is 5.47. The molecule has 9 heteroatoms. The molecule has 0 radical (unpaired) electrons. The first-order valence-electron chi connectivity index (χ1n) is 9.88. The maximum absolute atomic E-state index is 5.48. The fraction of sp³-hybridized carbons (Fsp3) is 0.130. The number of para-hydroxylation sites is 1. The van der Waals surface area contributed by atoms with Crippen LogP contribution in [-0.4, -0.2) is 32.0 Å². The molecule has 0 aliphatic carbocycles. The molecule has 3 heterocycles. The number of methoxy groups -OCH3 is 1. The Morgan fingerprint density at radius 2 is 1.81 bits per heavy atom. The van der Waals surface area contributed by atoms with Gasteiger partial charge in [0.2, 0.25) is 11.7 Å². The predicted octanol–water partition coefficient (Wildman–Crippen LogP) is 5.19. The van der Waals surface area contributed by atoms with E-state index < -0.39 is 0 Å². The van der Waals surface area contributed by atoms with E-state index in [1.54, 1.807) is 13.4 Å². The highest BCUT2D eigenvalue weighted by Crippen LogP contribution is 2.31. The molecule has 0 amide bonds. The Hall–Kier alpha value is -3.85. The van der Waals surface area contributed by atoms with Crippen LogP contribution in [0.15, 0.2) is 81.0 Å². The summed E-state index contributed by atoms with van der Waals surface area (Å²) in [7, 11) is 1.63. The zero-order valence-corrected chi connectivity index (χ0v) is 18.2. The van der Waals surface area contributed by atoms with E-state index in [2.05, 4.69) is 20.3 Å². The summed E-state index contributed by atoms with van der Waals surface area (Å²) in [6.07, 6.45) is 1.65. The second-order valence-corrected chi connectivity index (χ2v) is 7.84. The molecule has 0 bridgehead atoms. The summed E-state index contributed by atoms with van der Waals surface area (Å²) in [5.41, 5.74) is 2.71. The van der Waals surface area contributed by atoms with Gasteiger partial charge in [0.25, 0.3) is 0 Å². The zero-order valence-electron chi connectivity index (χ0n) is 17.4. The van der Waals surface area contributed by atoms with E-state index >= 15 is 0 Å². The van der Waals surface area contributed by atoms with E-state index in [0.29, 0.717) is 17.5 Å². The first-order valence-corrected chi connectivity index (χ1v) is 10.9. The number of rotatable bonds is 7. The van der Waals surface area contributed by atoms with E-state index in [4.69, 9.17) is 13.7 Å². The molecular weight excluding hydrogens is 426 g/mol. The SMILES string of the molecule is COc1ccc(-c2noc(CSc3nnc(-c4ccoc4C)n3-c3ccccc3)n2)cc1. The van der Waals surface area contributed by atoms with Crippen molar-refractivity contribution >= 4 is 11.8 Å². The number of aromatic nitrogens is 5. The van der Waals surface area contributed by atoms with E-state index in [0.717, 1.165) is 39.3 Å². The van der Waals surface area contributed by atoms with Gasteiger partial charge in [0.1, 0.15) is 11.5 Å². The quantitative estimate of drug-likeness (QED) is 0.316. The minimum atomic E-state index is 0.457. The molecule has 0 fully saturated rings. The van der Waals surface area contributed by atoms with Gasteiger partial charge in [-0.1, -0.05) is 35.1 Å². The van der Waals surface area contributed by atoms with Crippen molar-refractivity contribution < 1.29 is 13.7 Å². The average Bonchev–Trinajstić information content (AvgIpc) is 3.58. The molecule has 3 aromatic heterocycles. The molecule has 0 unspecified atom stereocenters. The Bertz CT molecular complexity index is 1330. The second-order valence-electron chi connectivity index (χ2n) is 6.90. The number of hydrogen-bond acceptors (Lipinski definition) is 8. The molecule has 0 N–H and O–H groups in total. The van der Waals surface area contributed by atoms with Crippen LogP contribution in [-0.2, 0) is 5.75 Å². The summed E-state index contributed by atoms with van der Waals surface area (Å²) in [4.78, 5) is 4.51. The fourth-order valence-electron chi connectivity index (χ4n) is 3.26. The van der Waals surface area contributed by atoms with Crippen LogP contribution in [0, 0.1) is 6.92 Å². The summed E-state index contributed by atoms with van der Waals surface area (Å²) < 4.78 is 18.1. The van der Waals surface area contributed by atoms with Crippen LogP contribution < -0.4 is 4.74 Å². The molecule has 160 valence electrons. The van der Waals surface area contributed by atoms with Crippen LogP contribution in [0.5, 0.6) is 5.75 Å². The molecule has 0 aliphatic heterocycles. The molecule has 0 saturated heterocycles. The third-order valence-corrected chi connectivity index (χ3v) is 5.80. The third kappa shape index (κ3) is 3.90. The van der Waals surface area contributed by atoms with Gasteiger partial charge in [-0.3, -0.25) is 4.57 Å². The number of hydrogen-bond donors (Lipinski definition) is 0. The van der Waals surface area contributed by atoms with Crippen molar-refractivity contribution in [3.63, 3.8) is 0 Å². The number of benzene rings is 2. The van der Waals surface area contributed by atoms with Crippen molar-refractivity contribution in [1.29, 1.82) is 0 Å². The molecule has 5 aromatic rings. The van der Waals surface area contributed by atoms with E-state index in [-0.39, 0.29) is 0 Å². The fourth-order valence-corrected chi connectivity index (χ4v) is 4.05. The maximum atomic E-state index is 5.48. The summed E-state index contributed by atoms with van der Waals surface area (Å²) in [6, 6.07) is 19.4. The lowest BCUT2D eigenvalue weighted by Crippen LogP contribution is -1.99. The second kappa shape index (κ2) is 8.72. The molecular formula is C23H19N5O3S. The number of aryl methyl sites for hydroxylation is 1. The van der Waals surface area contributed by atoms with Crippen molar-refractivity contribution in [3.05, 3.63) is 78.6 Å². The highest BCUT2D eigenvalue weighted by molar-refractivity contribution is 7.98. The number of nitrogens with zero attached hydrogens (tertiary/aromatic N) is 5. The maximum Gasteiger partial charge on any atom is 0.237 e. The van der Waals surface area contributed by atoms with E-state index in [1.807, 2.05) is 72.2 Å². The van der Waals surface area contributed by atoms with Crippen molar-refractivity contribution in [3.8, 4) is 34.2 Å². The lowest BCUT2D eigenvalue weighted by Gasteiger charge is -2.09. The van der Waals surface area contributed by atoms with Crippen LogP contribution in [0.25, 0.3) is 28.5 Å². The minimum absolute atomic E-state index is 0.457. The molecule has 2 aromatic carbocycles. The van der Waals surface area contributed by atoms with Crippen molar-refractivity contribution in [2.24, 2.45) is 0 Å². The van der Waals surface area contributed by atoms with E-state index in [1.165, 1.54) is 11.8 Å². The highest BCUT2D eigenvalue weighted by atomic mass is 32.2. The molecule has 0 aliphatic rings. The molecule has 0 atom stereocenters. The van der Waals surface area contributed by atoms with Gasteiger partial charge in [-0.25, -0.2) is 0 Å². The molecule has 0 spiro atoms. The molecule has 32 heavy (non-hydrogen) atoms. The Labute approximate surface area is 188 Å². The smallest absolute Gasteiger partial charge is 0.237 e. The van der Waals surface area contributed by atoms with Crippen molar-refractivity contribution in [2.45, 2.75) is 17.8 Å². The summed E-state index contributed by atoms with van der Waals surface area (Å²) in [6.45, 7) is 1.91. The molecule has 8 nitrogen and oxygen atoms in total. The first kappa shape index (κ1) is 20.1. The Balaban J connectivity index is 1.41. The van der Waals surface area contributed by atoms with Crippen molar-refractivity contribution in [2.75, 3.05) is 7.11 Å².